The van der Waals surface area contributed by atoms with Crippen molar-refractivity contribution in [2.45, 2.75) is 20.4 Å². The third-order valence-corrected chi connectivity index (χ3v) is 3.67. The number of nitrogens with zero attached hydrogens (tertiary/aromatic N) is 3. The fraction of sp³-hybridized carbons (Fsp3) is 0.333. The third kappa shape index (κ3) is 4.21. The van der Waals surface area contributed by atoms with Gasteiger partial charge in [-0.3, -0.25) is 9.69 Å². The molecule has 1 N–H and O–H groups in total. The van der Waals surface area contributed by atoms with E-state index in [4.69, 9.17) is 6.42 Å². The van der Waals surface area contributed by atoms with Crippen molar-refractivity contribution in [3.63, 3.8) is 0 Å². The van der Waals surface area contributed by atoms with Crippen molar-refractivity contribution in [3.8, 4) is 18.0 Å². The fourth-order valence-electron chi connectivity index (χ4n) is 2.50. The highest BCUT2D eigenvalue weighted by Gasteiger charge is 2.15. The zero-order chi connectivity index (χ0) is 16.8. The molecule has 0 aliphatic heterocycles. The Morgan fingerprint density at radius 2 is 2.04 bits per heavy atom. The summed E-state index contributed by atoms with van der Waals surface area (Å²) in [4.78, 5) is 13.7. The van der Waals surface area contributed by atoms with Crippen LogP contribution >= 0.6 is 0 Å². The first-order chi connectivity index (χ1) is 11.0. The molecule has 5 nitrogen and oxygen atoms in total. The number of aryl methyl sites for hydroxylation is 1. The average molecular weight is 310 g/mol. The van der Waals surface area contributed by atoms with Crippen LogP contribution < -0.4 is 5.32 Å². The van der Waals surface area contributed by atoms with Gasteiger partial charge in [0.25, 0.3) is 0 Å². The van der Waals surface area contributed by atoms with Gasteiger partial charge in [0.2, 0.25) is 5.91 Å². The van der Waals surface area contributed by atoms with E-state index in [1.165, 1.54) is 0 Å². The van der Waals surface area contributed by atoms with Crippen LogP contribution in [0.2, 0.25) is 0 Å². The molecular formula is C18H22N4O. The van der Waals surface area contributed by atoms with E-state index in [9.17, 15) is 4.79 Å². The molecule has 120 valence electrons. The van der Waals surface area contributed by atoms with Crippen molar-refractivity contribution >= 4 is 5.91 Å². The molecule has 2 rings (SSSR count). The molecule has 0 unspecified atom stereocenters. The van der Waals surface area contributed by atoms with Crippen molar-refractivity contribution < 1.29 is 4.79 Å². The Hall–Kier alpha value is -2.58. The Kier molecular flexibility index (Phi) is 5.56. The first kappa shape index (κ1) is 16.8. The minimum absolute atomic E-state index is 0.0730. The molecule has 0 atom stereocenters. The monoisotopic (exact) mass is 310 g/mol. The molecule has 23 heavy (non-hydrogen) atoms. The van der Waals surface area contributed by atoms with Crippen LogP contribution in [0.15, 0.2) is 30.3 Å². The predicted molar refractivity (Wildman–Crippen MR) is 91.2 cm³/mol. The number of amides is 1. The summed E-state index contributed by atoms with van der Waals surface area (Å²) in [6.07, 6.45) is 5.14. The molecule has 1 heterocycles. The van der Waals surface area contributed by atoms with Crippen LogP contribution in [0, 0.1) is 26.2 Å². The van der Waals surface area contributed by atoms with Gasteiger partial charge in [0.1, 0.15) is 0 Å². The molecule has 0 saturated heterocycles. The first-order valence-electron chi connectivity index (χ1n) is 7.52. The lowest BCUT2D eigenvalue weighted by Gasteiger charge is -2.16. The molecule has 1 aromatic heterocycles. The lowest BCUT2D eigenvalue weighted by atomic mass is 10.2. The van der Waals surface area contributed by atoms with E-state index in [1.807, 2.05) is 53.9 Å². The van der Waals surface area contributed by atoms with E-state index in [-0.39, 0.29) is 12.5 Å². The molecule has 0 bridgehead atoms. The van der Waals surface area contributed by atoms with E-state index in [0.29, 0.717) is 13.1 Å². The van der Waals surface area contributed by atoms with Crippen molar-refractivity contribution in [1.29, 1.82) is 0 Å². The van der Waals surface area contributed by atoms with Crippen LogP contribution in [0.1, 0.15) is 17.0 Å². The summed E-state index contributed by atoms with van der Waals surface area (Å²) in [6.45, 7) is 5.27. The third-order valence-electron chi connectivity index (χ3n) is 3.67. The highest BCUT2D eigenvalue weighted by atomic mass is 16.2. The number of likely N-dealkylation sites (N-methyl/N-ethyl adjacent to an activating group) is 1. The van der Waals surface area contributed by atoms with Crippen LogP contribution in [0.5, 0.6) is 0 Å². The summed E-state index contributed by atoms with van der Waals surface area (Å²) < 4.78 is 1.94. The standard InChI is InChI=1S/C18H22N4O/c1-5-11-19-18(23)13-21(4)12-17-14(2)20-22(15(17)3)16-9-7-6-8-10-16/h1,6-10H,11-13H2,2-4H3,(H,19,23). The van der Waals surface area contributed by atoms with Crippen LogP contribution in [0.3, 0.4) is 0 Å². The molecule has 0 fully saturated rings. The second-order valence-corrected chi connectivity index (χ2v) is 5.55. The normalized spacial score (nSPS) is 10.6. The quantitative estimate of drug-likeness (QED) is 0.826. The number of hydrogen-bond donors (Lipinski definition) is 1. The zero-order valence-electron chi connectivity index (χ0n) is 13.8. The van der Waals surface area contributed by atoms with E-state index in [2.05, 4.69) is 23.3 Å². The molecule has 2 aromatic rings. The molecule has 0 spiro atoms. The smallest absolute Gasteiger partial charge is 0.234 e. The Morgan fingerprint density at radius 1 is 1.35 bits per heavy atom. The molecule has 1 aromatic carbocycles. The molecule has 5 heteroatoms. The van der Waals surface area contributed by atoms with Gasteiger partial charge < -0.3 is 5.32 Å². The SMILES string of the molecule is C#CCNC(=O)CN(C)Cc1c(C)nn(-c2ccccc2)c1C. The molecule has 0 aliphatic carbocycles. The van der Waals surface area contributed by atoms with Crippen molar-refractivity contribution in [3.05, 3.63) is 47.3 Å². The van der Waals surface area contributed by atoms with Crippen LogP contribution in [0.4, 0.5) is 0 Å². The maximum Gasteiger partial charge on any atom is 0.234 e. The lowest BCUT2D eigenvalue weighted by Crippen LogP contribution is -2.35. The van der Waals surface area contributed by atoms with Gasteiger partial charge in [0.15, 0.2) is 0 Å². The van der Waals surface area contributed by atoms with Gasteiger partial charge in [-0.1, -0.05) is 24.1 Å². The highest BCUT2D eigenvalue weighted by Crippen LogP contribution is 2.19. The highest BCUT2D eigenvalue weighted by molar-refractivity contribution is 5.78. The number of terminal acetylenes is 1. The lowest BCUT2D eigenvalue weighted by molar-refractivity contribution is -0.121. The number of carbonyl (C=O) groups excluding carboxylic acids is 1. The van der Waals surface area contributed by atoms with Gasteiger partial charge in [0, 0.05) is 17.8 Å². The van der Waals surface area contributed by atoms with E-state index < -0.39 is 0 Å². The Bertz CT molecular complexity index is 713. The van der Waals surface area contributed by atoms with E-state index in [1.54, 1.807) is 0 Å². The molecule has 1 amide bonds. The molecule has 0 aliphatic rings. The number of benzene rings is 1. The van der Waals surface area contributed by atoms with Gasteiger partial charge in [-0.2, -0.15) is 5.10 Å². The van der Waals surface area contributed by atoms with Gasteiger partial charge >= 0.3 is 0 Å². The number of nitrogens with one attached hydrogen (secondary N) is 1. The maximum atomic E-state index is 11.7. The second-order valence-electron chi connectivity index (χ2n) is 5.55. The van der Waals surface area contributed by atoms with Crippen molar-refractivity contribution in [1.82, 2.24) is 20.0 Å². The number of aromatic nitrogens is 2. The van der Waals surface area contributed by atoms with Crippen LogP contribution in [-0.2, 0) is 11.3 Å². The fourth-order valence-corrected chi connectivity index (χ4v) is 2.50. The molecular weight excluding hydrogens is 288 g/mol. The summed E-state index contributed by atoms with van der Waals surface area (Å²) in [6, 6.07) is 10.0. The van der Waals surface area contributed by atoms with Gasteiger partial charge in [-0.15, -0.1) is 6.42 Å². The van der Waals surface area contributed by atoms with E-state index >= 15 is 0 Å². The number of para-hydroxylation sites is 1. The van der Waals surface area contributed by atoms with Crippen molar-refractivity contribution in [2.24, 2.45) is 0 Å². The number of hydrogen-bond acceptors (Lipinski definition) is 3. The molecule has 0 radical (unpaired) electrons. The van der Waals surface area contributed by atoms with Crippen molar-refractivity contribution in [2.75, 3.05) is 20.1 Å². The van der Waals surface area contributed by atoms with Gasteiger partial charge in [0.05, 0.1) is 24.5 Å². The van der Waals surface area contributed by atoms with Gasteiger partial charge in [-0.05, 0) is 33.0 Å². The summed E-state index contributed by atoms with van der Waals surface area (Å²) in [5.74, 6) is 2.32. The minimum Gasteiger partial charge on any atom is -0.344 e. The summed E-state index contributed by atoms with van der Waals surface area (Å²) in [7, 11) is 1.91. The topological polar surface area (TPSA) is 50.2 Å². The average Bonchev–Trinajstić information content (AvgIpc) is 2.82. The summed E-state index contributed by atoms with van der Waals surface area (Å²) in [5, 5.41) is 7.30. The van der Waals surface area contributed by atoms with Crippen LogP contribution in [-0.4, -0.2) is 40.7 Å². The predicted octanol–water partition coefficient (Wildman–Crippen LogP) is 1.67. The Balaban J connectivity index is 2.11. The summed E-state index contributed by atoms with van der Waals surface area (Å²) in [5.41, 5.74) is 4.24. The number of rotatable bonds is 6. The second kappa shape index (κ2) is 7.61. The summed E-state index contributed by atoms with van der Waals surface area (Å²) >= 11 is 0. The molecule has 0 saturated carbocycles. The van der Waals surface area contributed by atoms with Gasteiger partial charge in [-0.25, -0.2) is 4.68 Å². The van der Waals surface area contributed by atoms with Crippen LogP contribution in [0.25, 0.3) is 5.69 Å². The largest absolute Gasteiger partial charge is 0.344 e. The Morgan fingerprint density at radius 3 is 2.70 bits per heavy atom. The maximum absolute atomic E-state index is 11.7. The van der Waals surface area contributed by atoms with E-state index in [0.717, 1.165) is 22.6 Å². The first-order valence-corrected chi connectivity index (χ1v) is 7.52. The zero-order valence-corrected chi connectivity index (χ0v) is 13.8. The Labute approximate surface area is 137 Å². The number of carbonyl (C=O) groups is 1. The minimum atomic E-state index is -0.0730.